The van der Waals surface area contributed by atoms with Crippen molar-refractivity contribution in [2.75, 3.05) is 23.3 Å². The lowest BCUT2D eigenvalue weighted by atomic mass is 9.97. The summed E-state index contributed by atoms with van der Waals surface area (Å²) in [6.07, 6.45) is 6.52. The van der Waals surface area contributed by atoms with E-state index >= 15 is 0 Å². The van der Waals surface area contributed by atoms with Crippen molar-refractivity contribution in [3.63, 3.8) is 0 Å². The molecule has 0 spiro atoms. The molecule has 2 aromatic heterocycles. The molecule has 1 amide bonds. The van der Waals surface area contributed by atoms with E-state index < -0.39 is 11.6 Å². The van der Waals surface area contributed by atoms with Gasteiger partial charge in [0.05, 0.1) is 11.6 Å². The molecule has 1 aliphatic rings. The molecule has 0 radical (unpaired) electrons. The average molecular weight is 384 g/mol. The lowest BCUT2D eigenvalue weighted by molar-refractivity contribution is -0.120. The van der Waals surface area contributed by atoms with Crippen molar-refractivity contribution in [3.8, 4) is 5.82 Å². The van der Waals surface area contributed by atoms with Gasteiger partial charge in [0.25, 0.3) is 0 Å². The lowest BCUT2D eigenvalue weighted by Crippen LogP contribution is -2.41. The summed E-state index contributed by atoms with van der Waals surface area (Å²) < 4.78 is 28.8. The van der Waals surface area contributed by atoms with Gasteiger partial charge in [-0.1, -0.05) is 0 Å². The summed E-state index contributed by atoms with van der Waals surface area (Å²) in [5, 5.41) is 10.9. The first-order chi connectivity index (χ1) is 13.6. The number of hydrogen-bond acceptors (Lipinski definition) is 5. The molecule has 1 aromatic carbocycles. The number of anilines is 2. The molecule has 3 aromatic rings. The Kier molecular flexibility index (Phi) is 4.96. The summed E-state index contributed by atoms with van der Waals surface area (Å²) in [6, 6.07) is 6.66. The van der Waals surface area contributed by atoms with E-state index in [4.69, 9.17) is 0 Å². The largest absolute Gasteiger partial charge is 0.354 e. The highest BCUT2D eigenvalue weighted by Gasteiger charge is 2.27. The minimum atomic E-state index is -0.664. The molecule has 9 heteroatoms. The fourth-order valence-electron chi connectivity index (χ4n) is 3.25. The molecule has 7 nitrogen and oxygen atoms in total. The highest BCUT2D eigenvalue weighted by Crippen LogP contribution is 2.24. The van der Waals surface area contributed by atoms with E-state index in [1.54, 1.807) is 23.3 Å². The Hall–Kier alpha value is -3.36. The molecule has 1 N–H and O–H groups in total. The second-order valence-electron chi connectivity index (χ2n) is 6.62. The maximum absolute atomic E-state index is 13.8. The predicted molar refractivity (Wildman–Crippen MR) is 99.1 cm³/mol. The van der Waals surface area contributed by atoms with E-state index in [2.05, 4.69) is 20.5 Å². The minimum absolute atomic E-state index is 0.147. The van der Waals surface area contributed by atoms with Crippen LogP contribution in [0, 0.1) is 17.6 Å². The summed E-state index contributed by atoms with van der Waals surface area (Å²) in [4.78, 5) is 18.5. The van der Waals surface area contributed by atoms with Gasteiger partial charge in [0.1, 0.15) is 18.0 Å². The Labute approximate surface area is 160 Å². The van der Waals surface area contributed by atoms with Crippen molar-refractivity contribution >= 4 is 17.4 Å². The number of nitrogens with one attached hydrogen (secondary N) is 1. The molecule has 28 heavy (non-hydrogen) atoms. The van der Waals surface area contributed by atoms with E-state index in [1.807, 2.05) is 17.0 Å². The van der Waals surface area contributed by atoms with Crippen LogP contribution in [0.15, 0.2) is 49.1 Å². The van der Waals surface area contributed by atoms with Crippen LogP contribution in [0.4, 0.5) is 20.3 Å². The highest BCUT2D eigenvalue weighted by molar-refractivity contribution is 5.93. The number of carbonyl (C=O) groups excluding carboxylic acids is 1. The third-order valence-electron chi connectivity index (χ3n) is 4.71. The molecule has 1 saturated heterocycles. The summed E-state index contributed by atoms with van der Waals surface area (Å²) in [5.74, 6) is -0.644. The first-order valence-electron chi connectivity index (χ1n) is 8.93. The molecular weight excluding hydrogens is 366 g/mol. The Bertz CT molecular complexity index is 961. The third kappa shape index (κ3) is 3.83. The maximum Gasteiger partial charge on any atom is 0.229 e. The van der Waals surface area contributed by atoms with Gasteiger partial charge in [-0.15, -0.1) is 10.2 Å². The molecule has 144 valence electrons. The van der Waals surface area contributed by atoms with Crippen molar-refractivity contribution in [2.45, 2.75) is 12.8 Å². The zero-order chi connectivity index (χ0) is 19.5. The van der Waals surface area contributed by atoms with E-state index in [9.17, 15) is 13.6 Å². The molecule has 1 aliphatic heterocycles. The second kappa shape index (κ2) is 7.71. The SMILES string of the molecule is O=C(Nc1cc(F)ccc1F)C1CCCN(c2ccc(-n3ccnc3)nn2)C1. The van der Waals surface area contributed by atoms with Gasteiger partial charge in [0.15, 0.2) is 11.6 Å². The molecule has 0 aliphatic carbocycles. The van der Waals surface area contributed by atoms with Crippen LogP contribution in [0.1, 0.15) is 12.8 Å². The molecule has 1 atom stereocenters. The van der Waals surface area contributed by atoms with E-state index in [1.165, 1.54) is 0 Å². The number of piperidine rings is 1. The number of halogens is 2. The second-order valence-corrected chi connectivity index (χ2v) is 6.62. The summed E-state index contributed by atoms with van der Waals surface area (Å²) in [6.45, 7) is 1.18. The molecular formula is C19H18F2N6O. The Morgan fingerprint density at radius 1 is 1.14 bits per heavy atom. The number of aromatic nitrogens is 4. The Morgan fingerprint density at radius 2 is 1.96 bits per heavy atom. The normalized spacial score (nSPS) is 16.8. The topological polar surface area (TPSA) is 75.9 Å². The van der Waals surface area contributed by atoms with Gasteiger partial charge in [-0.3, -0.25) is 9.36 Å². The molecule has 1 fully saturated rings. The fraction of sp³-hybridized carbons (Fsp3) is 0.263. The Balaban J connectivity index is 1.44. The van der Waals surface area contributed by atoms with Gasteiger partial charge in [-0.2, -0.15) is 0 Å². The molecule has 1 unspecified atom stereocenters. The molecule has 3 heterocycles. The first kappa shape index (κ1) is 18.0. The number of rotatable bonds is 4. The predicted octanol–water partition coefficient (Wildman–Crippen LogP) is 2.80. The smallest absolute Gasteiger partial charge is 0.229 e. The standard InChI is InChI=1S/C19H18F2N6O/c20-14-3-4-15(21)16(10-14)23-19(28)13-2-1-8-26(11-13)17-5-6-18(25-24-17)27-9-7-22-12-27/h3-7,9-10,12-13H,1-2,8,11H2,(H,23,28). The molecule has 0 saturated carbocycles. The van der Waals surface area contributed by atoms with Crippen LogP contribution >= 0.6 is 0 Å². The number of carbonyl (C=O) groups is 1. The lowest BCUT2D eigenvalue weighted by Gasteiger charge is -2.32. The van der Waals surface area contributed by atoms with Crippen LogP contribution in [0.5, 0.6) is 0 Å². The zero-order valence-electron chi connectivity index (χ0n) is 14.9. The van der Waals surface area contributed by atoms with Crippen molar-refractivity contribution in [1.29, 1.82) is 0 Å². The van der Waals surface area contributed by atoms with Crippen LogP contribution in [0.2, 0.25) is 0 Å². The van der Waals surface area contributed by atoms with E-state index in [0.717, 1.165) is 31.2 Å². The minimum Gasteiger partial charge on any atom is -0.354 e. The highest BCUT2D eigenvalue weighted by atomic mass is 19.1. The van der Waals surface area contributed by atoms with Gasteiger partial charge >= 0.3 is 0 Å². The number of nitrogens with zero attached hydrogens (tertiary/aromatic N) is 5. The van der Waals surface area contributed by atoms with Gasteiger partial charge in [-0.05, 0) is 37.1 Å². The fourth-order valence-corrected chi connectivity index (χ4v) is 3.25. The average Bonchev–Trinajstić information content (AvgIpc) is 3.26. The number of benzene rings is 1. The summed E-state index contributed by atoms with van der Waals surface area (Å²) >= 11 is 0. The van der Waals surface area contributed by atoms with Gasteiger partial charge < -0.3 is 10.2 Å². The van der Waals surface area contributed by atoms with Crippen molar-refractivity contribution in [3.05, 3.63) is 60.7 Å². The van der Waals surface area contributed by atoms with Crippen LogP contribution in [0.3, 0.4) is 0 Å². The summed E-state index contributed by atoms with van der Waals surface area (Å²) in [7, 11) is 0. The molecule has 0 bridgehead atoms. The van der Waals surface area contributed by atoms with Crippen molar-refractivity contribution in [2.24, 2.45) is 5.92 Å². The van der Waals surface area contributed by atoms with E-state index in [-0.39, 0.29) is 17.5 Å². The van der Waals surface area contributed by atoms with Gasteiger partial charge in [0.2, 0.25) is 5.91 Å². The van der Waals surface area contributed by atoms with Crippen molar-refractivity contribution in [1.82, 2.24) is 19.7 Å². The number of imidazole rings is 1. The quantitative estimate of drug-likeness (QED) is 0.749. The maximum atomic E-state index is 13.8. The van der Waals surface area contributed by atoms with Crippen LogP contribution in [-0.2, 0) is 4.79 Å². The van der Waals surface area contributed by atoms with Crippen LogP contribution < -0.4 is 10.2 Å². The van der Waals surface area contributed by atoms with Crippen LogP contribution in [-0.4, -0.2) is 38.7 Å². The third-order valence-corrected chi connectivity index (χ3v) is 4.71. The Morgan fingerprint density at radius 3 is 2.71 bits per heavy atom. The number of amides is 1. The molecule has 4 rings (SSSR count). The first-order valence-corrected chi connectivity index (χ1v) is 8.93. The summed E-state index contributed by atoms with van der Waals surface area (Å²) in [5.41, 5.74) is -0.147. The van der Waals surface area contributed by atoms with E-state index in [0.29, 0.717) is 24.6 Å². The zero-order valence-corrected chi connectivity index (χ0v) is 14.9. The van der Waals surface area contributed by atoms with Gasteiger partial charge in [-0.25, -0.2) is 13.8 Å². The van der Waals surface area contributed by atoms with Crippen LogP contribution in [0.25, 0.3) is 5.82 Å². The van der Waals surface area contributed by atoms with Crippen molar-refractivity contribution < 1.29 is 13.6 Å². The van der Waals surface area contributed by atoms with Gasteiger partial charge in [0, 0.05) is 31.5 Å². The number of hydrogen-bond donors (Lipinski definition) is 1. The monoisotopic (exact) mass is 384 g/mol.